The number of nitrogens with zero attached hydrogens (tertiary/aromatic N) is 1. The van der Waals surface area contributed by atoms with Gasteiger partial charge in [-0.15, -0.1) is 0 Å². The lowest BCUT2D eigenvalue weighted by molar-refractivity contribution is -0.138. The lowest BCUT2D eigenvalue weighted by atomic mass is 10.1. The molecule has 0 radical (unpaired) electrons. The average molecular weight is 261 g/mol. The van der Waals surface area contributed by atoms with Gasteiger partial charge in [0.15, 0.2) is 6.10 Å². The zero-order valence-electron chi connectivity index (χ0n) is 11.1. The molecule has 2 unspecified atom stereocenters. The van der Waals surface area contributed by atoms with E-state index in [9.17, 15) is 9.90 Å². The van der Waals surface area contributed by atoms with Gasteiger partial charge in [0.1, 0.15) is 5.75 Å². The number of hydrogen-bond donors (Lipinski definition) is 1. The second kappa shape index (κ2) is 4.85. The van der Waals surface area contributed by atoms with Crippen molar-refractivity contribution in [1.29, 1.82) is 0 Å². The first-order valence-electron chi connectivity index (χ1n) is 6.83. The number of carbonyl (C=O) groups excluding carboxylic acids is 1. The third-order valence-electron chi connectivity index (χ3n) is 3.93. The predicted octanol–water partition coefficient (Wildman–Crippen LogP) is 1.22. The molecular weight excluding hydrogens is 242 g/mol. The maximum absolute atomic E-state index is 12.3. The molecule has 1 aliphatic heterocycles. The number of rotatable bonds is 4. The molecule has 19 heavy (non-hydrogen) atoms. The van der Waals surface area contributed by atoms with Crippen LogP contribution in [0.25, 0.3) is 0 Å². The molecule has 1 fully saturated rings. The Balaban J connectivity index is 1.59. The van der Waals surface area contributed by atoms with Gasteiger partial charge in [-0.25, -0.2) is 0 Å². The Morgan fingerprint density at radius 3 is 2.89 bits per heavy atom. The smallest absolute Gasteiger partial charge is 0.263 e. The van der Waals surface area contributed by atoms with Crippen LogP contribution in [0.5, 0.6) is 5.75 Å². The summed E-state index contributed by atoms with van der Waals surface area (Å²) < 4.78 is 5.67. The second-order valence-corrected chi connectivity index (χ2v) is 5.54. The Morgan fingerprint density at radius 2 is 2.21 bits per heavy atom. The van der Waals surface area contributed by atoms with E-state index < -0.39 is 12.2 Å². The maximum Gasteiger partial charge on any atom is 0.263 e. The lowest BCUT2D eigenvalue weighted by Crippen LogP contribution is -2.42. The van der Waals surface area contributed by atoms with E-state index in [0.717, 1.165) is 24.2 Å². The number of fused-ring (bicyclic) bond motifs is 1. The number of amides is 1. The number of hydrogen-bond acceptors (Lipinski definition) is 3. The van der Waals surface area contributed by atoms with E-state index in [4.69, 9.17) is 4.74 Å². The van der Waals surface area contributed by atoms with Crippen LogP contribution in [0.3, 0.4) is 0 Å². The predicted molar refractivity (Wildman–Crippen MR) is 70.9 cm³/mol. The zero-order chi connectivity index (χ0) is 13.4. The van der Waals surface area contributed by atoms with Crippen molar-refractivity contribution in [2.75, 3.05) is 13.6 Å². The topological polar surface area (TPSA) is 49.8 Å². The monoisotopic (exact) mass is 261 g/mol. The van der Waals surface area contributed by atoms with Crippen LogP contribution < -0.4 is 4.74 Å². The summed E-state index contributed by atoms with van der Waals surface area (Å²) in [5.74, 6) is 1.14. The standard InChI is InChI=1S/C15H19NO3/c1-16(9-12(17)10-6-7-10)15(18)14-8-11-4-2-3-5-13(11)19-14/h2-5,10,12,14,17H,6-9H2,1H3. The van der Waals surface area contributed by atoms with E-state index in [2.05, 4.69) is 0 Å². The fourth-order valence-corrected chi connectivity index (χ4v) is 2.57. The van der Waals surface area contributed by atoms with Crippen LogP contribution in [0, 0.1) is 5.92 Å². The molecule has 2 aliphatic rings. The molecule has 0 saturated heterocycles. The Hall–Kier alpha value is -1.55. The molecule has 102 valence electrons. The third-order valence-corrected chi connectivity index (χ3v) is 3.93. The molecule has 1 N–H and O–H groups in total. The van der Waals surface area contributed by atoms with Crippen molar-refractivity contribution in [3.05, 3.63) is 29.8 Å². The molecule has 1 saturated carbocycles. The lowest BCUT2D eigenvalue weighted by Gasteiger charge is -2.23. The maximum atomic E-state index is 12.3. The van der Waals surface area contributed by atoms with Crippen molar-refractivity contribution in [2.45, 2.75) is 31.5 Å². The van der Waals surface area contributed by atoms with Gasteiger partial charge in [-0.2, -0.15) is 0 Å². The molecule has 1 heterocycles. The fourth-order valence-electron chi connectivity index (χ4n) is 2.57. The van der Waals surface area contributed by atoms with Crippen LogP contribution in [-0.4, -0.2) is 41.7 Å². The van der Waals surface area contributed by atoms with Gasteiger partial charge in [0.25, 0.3) is 5.91 Å². The van der Waals surface area contributed by atoms with Gasteiger partial charge >= 0.3 is 0 Å². The number of aliphatic hydroxyl groups is 1. The number of aliphatic hydroxyl groups excluding tert-OH is 1. The minimum Gasteiger partial charge on any atom is -0.480 e. The molecule has 4 heteroatoms. The van der Waals surface area contributed by atoms with Gasteiger partial charge in [-0.1, -0.05) is 18.2 Å². The Labute approximate surface area is 113 Å². The number of ether oxygens (including phenoxy) is 1. The summed E-state index contributed by atoms with van der Waals surface area (Å²) in [4.78, 5) is 13.9. The SMILES string of the molecule is CN(CC(O)C1CC1)C(=O)C1Cc2ccccc2O1. The molecule has 0 aromatic heterocycles. The van der Waals surface area contributed by atoms with E-state index in [1.807, 2.05) is 24.3 Å². The van der Waals surface area contributed by atoms with E-state index in [1.54, 1.807) is 11.9 Å². The highest BCUT2D eigenvalue weighted by molar-refractivity contribution is 5.82. The van der Waals surface area contributed by atoms with E-state index in [0.29, 0.717) is 18.9 Å². The summed E-state index contributed by atoms with van der Waals surface area (Å²) in [6.45, 7) is 0.402. The van der Waals surface area contributed by atoms with Crippen molar-refractivity contribution in [1.82, 2.24) is 4.90 Å². The zero-order valence-corrected chi connectivity index (χ0v) is 11.1. The second-order valence-electron chi connectivity index (χ2n) is 5.54. The minimum absolute atomic E-state index is 0.0455. The average Bonchev–Trinajstić information content (AvgIpc) is 3.16. The summed E-state index contributed by atoms with van der Waals surface area (Å²) in [5.41, 5.74) is 1.08. The van der Waals surface area contributed by atoms with Gasteiger partial charge in [-0.3, -0.25) is 4.79 Å². The van der Waals surface area contributed by atoms with E-state index in [1.165, 1.54) is 0 Å². The van der Waals surface area contributed by atoms with Gasteiger partial charge in [0, 0.05) is 20.0 Å². The van der Waals surface area contributed by atoms with Crippen LogP contribution in [0.1, 0.15) is 18.4 Å². The summed E-state index contributed by atoms with van der Waals surface area (Å²) in [6.07, 6.45) is 1.95. The van der Waals surface area contributed by atoms with Crippen LogP contribution in [0.15, 0.2) is 24.3 Å². The summed E-state index contributed by atoms with van der Waals surface area (Å²) in [7, 11) is 1.74. The molecule has 0 bridgehead atoms. The van der Waals surface area contributed by atoms with Crippen LogP contribution in [0.4, 0.5) is 0 Å². The normalized spacial score (nSPS) is 22.5. The van der Waals surface area contributed by atoms with Crippen LogP contribution >= 0.6 is 0 Å². The summed E-state index contributed by atoms with van der Waals surface area (Å²) >= 11 is 0. The molecule has 3 rings (SSSR count). The summed E-state index contributed by atoms with van der Waals surface area (Å²) in [6, 6.07) is 7.74. The van der Waals surface area contributed by atoms with E-state index >= 15 is 0 Å². The number of benzene rings is 1. The molecule has 1 aromatic rings. The minimum atomic E-state index is -0.436. The highest BCUT2D eigenvalue weighted by Gasteiger charge is 2.34. The van der Waals surface area contributed by atoms with Gasteiger partial charge in [-0.05, 0) is 30.4 Å². The highest BCUT2D eigenvalue weighted by Crippen LogP contribution is 2.33. The van der Waals surface area contributed by atoms with Crippen molar-refractivity contribution < 1.29 is 14.6 Å². The van der Waals surface area contributed by atoms with Crippen molar-refractivity contribution >= 4 is 5.91 Å². The number of likely N-dealkylation sites (N-methyl/N-ethyl adjacent to an activating group) is 1. The van der Waals surface area contributed by atoms with Gasteiger partial charge in [0.2, 0.25) is 0 Å². The largest absolute Gasteiger partial charge is 0.480 e. The van der Waals surface area contributed by atoms with Crippen molar-refractivity contribution in [2.24, 2.45) is 5.92 Å². The molecule has 4 nitrogen and oxygen atoms in total. The first-order valence-corrected chi connectivity index (χ1v) is 6.83. The quantitative estimate of drug-likeness (QED) is 0.886. The first kappa shape index (κ1) is 12.5. The number of carbonyl (C=O) groups is 1. The molecule has 1 aliphatic carbocycles. The fraction of sp³-hybridized carbons (Fsp3) is 0.533. The van der Waals surface area contributed by atoms with Gasteiger partial charge < -0.3 is 14.7 Å². The molecule has 0 spiro atoms. The Morgan fingerprint density at radius 1 is 1.47 bits per heavy atom. The molecule has 2 atom stereocenters. The molecule has 1 aromatic carbocycles. The van der Waals surface area contributed by atoms with E-state index in [-0.39, 0.29) is 5.91 Å². The summed E-state index contributed by atoms with van der Waals surface area (Å²) in [5, 5.41) is 9.89. The van der Waals surface area contributed by atoms with Crippen molar-refractivity contribution in [3.63, 3.8) is 0 Å². The first-order chi connectivity index (χ1) is 9.15. The third kappa shape index (κ3) is 2.59. The van der Waals surface area contributed by atoms with Gasteiger partial charge in [0.05, 0.1) is 6.10 Å². The molecule has 1 amide bonds. The van der Waals surface area contributed by atoms with Crippen LogP contribution in [-0.2, 0) is 11.2 Å². The Bertz CT molecular complexity index is 459. The van der Waals surface area contributed by atoms with Crippen molar-refractivity contribution in [3.8, 4) is 5.75 Å². The molecular formula is C15H19NO3. The number of para-hydroxylation sites is 1. The Kier molecular flexibility index (Phi) is 3.19. The highest BCUT2D eigenvalue weighted by atomic mass is 16.5. The van der Waals surface area contributed by atoms with Crippen LogP contribution in [0.2, 0.25) is 0 Å².